The SMILES string of the molecule is Cc1[nH]nc2cc(-c3nc([C@H](Cc4ccccc4)NC(=O)NCc4c(F)ccc(Cl)c4F)[nH]c3Cl)ccc12. The number of carbonyl (C=O) groups excluding carboxylic acids is 1. The Kier molecular flexibility index (Phi) is 7.31. The molecule has 0 aliphatic carbocycles. The molecule has 0 saturated carbocycles. The van der Waals surface area contributed by atoms with E-state index in [4.69, 9.17) is 28.2 Å². The number of nitrogens with one attached hydrogen (secondary N) is 4. The topological polar surface area (TPSA) is 98.5 Å². The summed E-state index contributed by atoms with van der Waals surface area (Å²) < 4.78 is 28.4. The van der Waals surface area contributed by atoms with Crippen LogP contribution < -0.4 is 10.6 Å². The number of amides is 2. The maximum absolute atomic E-state index is 14.3. The lowest BCUT2D eigenvalue weighted by molar-refractivity contribution is 0.236. The predicted molar refractivity (Wildman–Crippen MR) is 143 cm³/mol. The summed E-state index contributed by atoms with van der Waals surface area (Å²) in [4.78, 5) is 20.6. The second-order valence-electron chi connectivity index (χ2n) is 8.76. The molecule has 5 aromatic rings. The first kappa shape index (κ1) is 25.7. The van der Waals surface area contributed by atoms with Crippen LogP contribution in [0, 0.1) is 18.6 Å². The van der Waals surface area contributed by atoms with Crippen molar-refractivity contribution in [2.45, 2.75) is 25.9 Å². The van der Waals surface area contributed by atoms with E-state index in [0.29, 0.717) is 23.1 Å². The molecule has 0 fully saturated rings. The second kappa shape index (κ2) is 10.8. The molecule has 3 aromatic carbocycles. The maximum Gasteiger partial charge on any atom is 0.315 e. The summed E-state index contributed by atoms with van der Waals surface area (Å²) in [5.41, 5.74) is 3.60. The van der Waals surface area contributed by atoms with Gasteiger partial charge in [0.25, 0.3) is 0 Å². The molecule has 0 aliphatic heterocycles. The number of aromatic amines is 2. The molecule has 2 aromatic heterocycles. The van der Waals surface area contributed by atoms with E-state index in [1.807, 2.05) is 55.5 Å². The van der Waals surface area contributed by atoms with E-state index in [1.165, 1.54) is 0 Å². The highest BCUT2D eigenvalue weighted by Gasteiger charge is 2.22. The average Bonchev–Trinajstić information content (AvgIpc) is 3.48. The van der Waals surface area contributed by atoms with Gasteiger partial charge in [0.1, 0.15) is 28.3 Å². The Labute approximate surface area is 226 Å². The summed E-state index contributed by atoms with van der Waals surface area (Å²) in [6.45, 7) is 1.55. The summed E-state index contributed by atoms with van der Waals surface area (Å²) in [5.74, 6) is -1.30. The number of halogens is 4. The Balaban J connectivity index is 1.40. The van der Waals surface area contributed by atoms with E-state index in [1.54, 1.807) is 0 Å². The molecule has 7 nitrogen and oxygen atoms in total. The Morgan fingerprint density at radius 2 is 1.87 bits per heavy atom. The number of nitrogens with zero attached hydrogens (tertiary/aromatic N) is 2. The van der Waals surface area contributed by atoms with Gasteiger partial charge in [0.2, 0.25) is 0 Å². The number of hydrogen-bond acceptors (Lipinski definition) is 3. The fraction of sp³-hybridized carbons (Fsp3) is 0.148. The molecule has 0 bridgehead atoms. The highest BCUT2D eigenvalue weighted by atomic mass is 35.5. The zero-order chi connectivity index (χ0) is 26.8. The molecule has 0 aliphatic rings. The molecule has 0 saturated heterocycles. The molecule has 0 radical (unpaired) electrons. The minimum absolute atomic E-state index is 0.230. The summed E-state index contributed by atoms with van der Waals surface area (Å²) in [6.07, 6.45) is 0.384. The van der Waals surface area contributed by atoms with E-state index in [9.17, 15) is 13.6 Å². The molecule has 2 amide bonds. The van der Waals surface area contributed by atoms with Crippen molar-refractivity contribution in [1.82, 2.24) is 30.8 Å². The number of benzene rings is 3. The van der Waals surface area contributed by atoms with Gasteiger partial charge in [-0.25, -0.2) is 18.6 Å². The van der Waals surface area contributed by atoms with Crippen molar-refractivity contribution in [1.29, 1.82) is 0 Å². The van der Waals surface area contributed by atoms with E-state index < -0.39 is 30.3 Å². The first-order chi connectivity index (χ1) is 18.3. The number of aryl methyl sites for hydroxylation is 1. The smallest absolute Gasteiger partial charge is 0.315 e. The molecule has 38 heavy (non-hydrogen) atoms. The van der Waals surface area contributed by atoms with Gasteiger partial charge in [-0.2, -0.15) is 5.10 Å². The molecule has 5 rings (SSSR count). The van der Waals surface area contributed by atoms with Crippen molar-refractivity contribution < 1.29 is 13.6 Å². The number of imidazole rings is 1. The first-order valence-corrected chi connectivity index (χ1v) is 12.5. The summed E-state index contributed by atoms with van der Waals surface area (Å²) >= 11 is 12.3. The number of aromatic nitrogens is 4. The van der Waals surface area contributed by atoms with Crippen molar-refractivity contribution in [3.05, 3.63) is 105 Å². The van der Waals surface area contributed by atoms with E-state index in [0.717, 1.165) is 39.9 Å². The van der Waals surface area contributed by atoms with Crippen LogP contribution in [0.2, 0.25) is 10.2 Å². The molecule has 11 heteroatoms. The van der Waals surface area contributed by atoms with Crippen LogP contribution in [0.3, 0.4) is 0 Å². The van der Waals surface area contributed by atoms with Crippen LogP contribution in [-0.4, -0.2) is 26.2 Å². The zero-order valence-corrected chi connectivity index (χ0v) is 21.6. The Morgan fingerprint density at radius 3 is 2.66 bits per heavy atom. The number of carbonyl (C=O) groups is 1. The molecule has 2 heterocycles. The number of urea groups is 1. The van der Waals surface area contributed by atoms with Gasteiger partial charge in [0.15, 0.2) is 0 Å². The Morgan fingerprint density at radius 1 is 1.08 bits per heavy atom. The van der Waals surface area contributed by atoms with Crippen LogP contribution in [0.1, 0.15) is 28.7 Å². The monoisotopic (exact) mass is 554 g/mol. The average molecular weight is 555 g/mol. The lowest BCUT2D eigenvalue weighted by atomic mass is 10.1. The molecule has 0 spiro atoms. The quantitative estimate of drug-likeness (QED) is 0.170. The van der Waals surface area contributed by atoms with Gasteiger partial charge < -0.3 is 15.6 Å². The van der Waals surface area contributed by atoms with Crippen LogP contribution in [0.15, 0.2) is 60.7 Å². The van der Waals surface area contributed by atoms with Gasteiger partial charge in [0, 0.05) is 22.2 Å². The van der Waals surface area contributed by atoms with Gasteiger partial charge in [-0.3, -0.25) is 5.10 Å². The molecule has 194 valence electrons. The third kappa shape index (κ3) is 5.34. The molecular weight excluding hydrogens is 533 g/mol. The molecule has 0 unspecified atom stereocenters. The summed E-state index contributed by atoms with van der Waals surface area (Å²) in [5, 5.41) is 13.6. The van der Waals surface area contributed by atoms with Crippen molar-refractivity contribution in [3.63, 3.8) is 0 Å². The summed E-state index contributed by atoms with van der Waals surface area (Å²) in [7, 11) is 0. The van der Waals surface area contributed by atoms with Crippen LogP contribution >= 0.6 is 23.2 Å². The van der Waals surface area contributed by atoms with E-state index in [2.05, 4.69) is 25.8 Å². The van der Waals surface area contributed by atoms with E-state index in [-0.39, 0.29) is 10.6 Å². The lowest BCUT2D eigenvalue weighted by Crippen LogP contribution is -2.39. The van der Waals surface area contributed by atoms with Crippen LogP contribution in [0.25, 0.3) is 22.2 Å². The fourth-order valence-electron chi connectivity index (χ4n) is 4.19. The van der Waals surface area contributed by atoms with Crippen LogP contribution in [-0.2, 0) is 13.0 Å². The second-order valence-corrected chi connectivity index (χ2v) is 9.54. The summed E-state index contributed by atoms with van der Waals surface area (Å²) in [6, 6.07) is 16.1. The highest BCUT2D eigenvalue weighted by Crippen LogP contribution is 2.31. The van der Waals surface area contributed by atoms with Gasteiger partial charge in [-0.15, -0.1) is 0 Å². The number of fused-ring (bicyclic) bond motifs is 1. The fourth-order valence-corrected chi connectivity index (χ4v) is 4.62. The third-order valence-corrected chi connectivity index (χ3v) is 6.75. The first-order valence-electron chi connectivity index (χ1n) is 11.7. The van der Waals surface area contributed by atoms with Crippen molar-refractivity contribution >= 4 is 40.1 Å². The highest BCUT2D eigenvalue weighted by molar-refractivity contribution is 6.32. The largest absolute Gasteiger partial charge is 0.334 e. The molecule has 4 N–H and O–H groups in total. The van der Waals surface area contributed by atoms with Crippen LogP contribution in [0.5, 0.6) is 0 Å². The van der Waals surface area contributed by atoms with Gasteiger partial charge in [-0.1, -0.05) is 65.7 Å². The van der Waals surface area contributed by atoms with Crippen molar-refractivity contribution in [3.8, 4) is 11.3 Å². The number of H-pyrrole nitrogens is 2. The number of hydrogen-bond donors (Lipinski definition) is 4. The zero-order valence-electron chi connectivity index (χ0n) is 20.1. The normalized spacial score (nSPS) is 12.0. The predicted octanol–water partition coefficient (Wildman–Crippen LogP) is 6.63. The van der Waals surface area contributed by atoms with Crippen molar-refractivity contribution in [2.24, 2.45) is 0 Å². The Hall–Kier alpha value is -3.95. The lowest BCUT2D eigenvalue weighted by Gasteiger charge is -2.18. The van der Waals surface area contributed by atoms with Gasteiger partial charge in [-0.05, 0) is 37.1 Å². The van der Waals surface area contributed by atoms with Gasteiger partial charge in [0.05, 0.1) is 23.1 Å². The molecular formula is C27H22Cl2F2N6O. The van der Waals surface area contributed by atoms with Crippen LogP contribution in [0.4, 0.5) is 13.6 Å². The minimum Gasteiger partial charge on any atom is -0.334 e. The Bertz CT molecular complexity index is 1620. The number of rotatable bonds is 7. The van der Waals surface area contributed by atoms with E-state index >= 15 is 0 Å². The maximum atomic E-state index is 14.3. The molecule has 1 atom stereocenters. The third-order valence-electron chi connectivity index (χ3n) is 6.18. The van der Waals surface area contributed by atoms with Crippen molar-refractivity contribution in [2.75, 3.05) is 0 Å². The van der Waals surface area contributed by atoms with Gasteiger partial charge >= 0.3 is 6.03 Å². The standard InChI is InChI=1S/C27H22Cl2F2N6O/c1-14-17-8-7-16(12-21(17)37-36-14)24-25(29)35-26(34-24)22(11-15-5-3-2-4-6-15)33-27(38)32-13-18-20(30)10-9-19(28)23(18)31/h2-10,12,22H,11,13H2,1H3,(H,34,35)(H,36,37)(H2,32,33,38)/t22-/m0/s1. The minimum atomic E-state index is -0.917.